The van der Waals surface area contributed by atoms with E-state index in [-0.39, 0.29) is 101 Å². The predicted molar refractivity (Wildman–Crippen MR) is 265 cm³/mol. The molecular weight excluding hydrogens is 1140 g/mol. The monoisotopic (exact) mass is 1160 g/mol. The van der Waals surface area contributed by atoms with Crippen LogP contribution in [0.15, 0.2) is 111 Å². The molecule has 3 heterocycles. The van der Waals surface area contributed by atoms with Gasteiger partial charge in [-0.05, 0) is 73.7 Å². The van der Waals surface area contributed by atoms with Gasteiger partial charge in [0.15, 0.2) is 17.1 Å². The maximum Gasteiger partial charge on any atom is 0.297 e. The van der Waals surface area contributed by atoms with E-state index in [0.717, 1.165) is 12.1 Å². The lowest BCUT2D eigenvalue weighted by molar-refractivity contribution is -0.432. The Balaban J connectivity index is 1.22. The number of thiazole rings is 1. The summed E-state index contributed by atoms with van der Waals surface area (Å²) in [6.07, 6.45) is -0.232. The molecule has 0 aliphatic rings. The van der Waals surface area contributed by atoms with Gasteiger partial charge < -0.3 is 14.9 Å². The first-order chi connectivity index (χ1) is 35.5. The number of ether oxygens (including phenoxy) is 1. The number of hydrogen-bond donors (Lipinski definition) is 7. The van der Waals surface area contributed by atoms with E-state index in [9.17, 15) is 54.4 Å². The number of nitriles is 1. The van der Waals surface area contributed by atoms with Crippen molar-refractivity contribution in [3.8, 4) is 23.4 Å². The summed E-state index contributed by atoms with van der Waals surface area (Å²) in [4.78, 5) is 6.78. The number of phenols is 1. The lowest BCUT2D eigenvalue weighted by atomic mass is 10.1. The van der Waals surface area contributed by atoms with Gasteiger partial charge in [-0.25, -0.2) is 20.5 Å². The molecule has 75 heavy (non-hydrogen) atoms. The number of aromatic nitrogens is 3. The number of imidazole rings is 1. The first-order valence-electron chi connectivity index (χ1n) is 20.2. The Morgan fingerprint density at radius 1 is 0.787 bits per heavy atom. The molecule has 0 saturated heterocycles. The fourth-order valence-electron chi connectivity index (χ4n) is 7.14. The molecule has 0 aliphatic carbocycles. The summed E-state index contributed by atoms with van der Waals surface area (Å²) in [6.45, 7) is 2.65. The summed E-state index contributed by atoms with van der Waals surface area (Å²) < 4.78 is 119. The van der Waals surface area contributed by atoms with Crippen molar-refractivity contribution in [3.05, 3.63) is 82.4 Å². The number of phenolic OH excluding ortho intramolecular Hbond substituents is 1. The highest BCUT2D eigenvalue weighted by Crippen LogP contribution is 2.48. The Bertz CT molecular complexity index is 4130. The molecule has 0 spiro atoms. The highest BCUT2D eigenvalue weighted by atomic mass is 35.5. The van der Waals surface area contributed by atoms with Crippen molar-refractivity contribution in [2.24, 2.45) is 30.7 Å². The second kappa shape index (κ2) is 21.9. The molecule has 0 unspecified atom stereocenters. The Kier molecular flexibility index (Phi) is 16.0. The van der Waals surface area contributed by atoms with Crippen LogP contribution in [-0.4, -0.2) is 86.4 Å². The zero-order chi connectivity index (χ0) is 54.1. The second-order valence-electron chi connectivity index (χ2n) is 15.1. The maximum absolute atomic E-state index is 12.8. The van der Waals surface area contributed by atoms with Crippen LogP contribution >= 0.6 is 47.0 Å². The third kappa shape index (κ3) is 11.6. The van der Waals surface area contributed by atoms with Crippen molar-refractivity contribution in [3.63, 3.8) is 0 Å². The molecule has 0 radical (unpaired) electrons. The van der Waals surface area contributed by atoms with Crippen molar-refractivity contribution >= 4 is 149 Å². The van der Waals surface area contributed by atoms with Crippen LogP contribution in [0.1, 0.15) is 23.1 Å². The van der Waals surface area contributed by atoms with Crippen LogP contribution < -0.4 is 4.74 Å². The zero-order valence-electron chi connectivity index (χ0n) is 37.3. The van der Waals surface area contributed by atoms with E-state index >= 15 is 0 Å². The number of pyridine rings is 1. The molecule has 0 fully saturated rings. The predicted octanol–water partition coefficient (Wildman–Crippen LogP) is 11.1. The van der Waals surface area contributed by atoms with E-state index in [1.165, 1.54) is 35.6 Å². The summed E-state index contributed by atoms with van der Waals surface area (Å²) in [5.74, 6) is -2.10. The minimum absolute atomic E-state index is 0.00618. The number of aromatic hydroxyl groups is 2. The summed E-state index contributed by atoms with van der Waals surface area (Å²) in [5.41, 5.74) is 0.0000175. The van der Waals surface area contributed by atoms with Crippen LogP contribution in [0.3, 0.4) is 0 Å². The van der Waals surface area contributed by atoms with Crippen LogP contribution in [0.4, 0.5) is 33.6 Å². The summed E-state index contributed by atoms with van der Waals surface area (Å²) >= 11 is 7.46. The number of hydrogen-bond acceptors (Lipinski definition) is 27. The molecule has 0 aliphatic heterocycles. The number of para-hydroxylation sites is 2. The van der Waals surface area contributed by atoms with Gasteiger partial charge in [0.25, 0.3) is 30.4 Å². The van der Waals surface area contributed by atoms with Crippen molar-refractivity contribution in [2.45, 2.75) is 39.9 Å². The number of azo groups is 3. The van der Waals surface area contributed by atoms with E-state index in [2.05, 4.69) is 59.4 Å². The molecule has 5 aromatic carbocycles. The van der Waals surface area contributed by atoms with Gasteiger partial charge in [0.2, 0.25) is 11.0 Å². The molecule has 8 aromatic rings. The molecule has 0 saturated carbocycles. The van der Waals surface area contributed by atoms with Crippen LogP contribution in [0.2, 0.25) is 5.02 Å². The van der Waals surface area contributed by atoms with Gasteiger partial charge in [-0.15, -0.1) is 39.4 Å². The van der Waals surface area contributed by atoms with E-state index in [4.69, 9.17) is 26.9 Å². The quantitative estimate of drug-likeness (QED) is 0.00987. The average molecular weight is 1170 g/mol. The Labute approximate surface area is 437 Å². The van der Waals surface area contributed by atoms with Crippen LogP contribution in [0.5, 0.6) is 17.4 Å². The fourth-order valence-corrected chi connectivity index (χ4v) is 11.8. The van der Waals surface area contributed by atoms with Crippen molar-refractivity contribution in [2.75, 3.05) is 12.4 Å². The first kappa shape index (κ1) is 54.6. The largest absolute Gasteiger partial charge is 0.505 e. The molecule has 7 N–H and O–H groups in total. The van der Waals surface area contributed by atoms with Crippen LogP contribution in [0.25, 0.3) is 37.7 Å². The number of rotatable bonds is 19. The lowest BCUT2D eigenvalue weighted by Crippen LogP contribution is -2.08. The van der Waals surface area contributed by atoms with E-state index in [0.29, 0.717) is 40.0 Å². The minimum atomic E-state index is -5.13. The van der Waals surface area contributed by atoms with Crippen molar-refractivity contribution < 1.29 is 83.1 Å². The third-order valence-corrected chi connectivity index (χ3v) is 16.0. The number of benzene rings is 5. The van der Waals surface area contributed by atoms with Crippen molar-refractivity contribution in [1.29, 1.82) is 5.26 Å². The Morgan fingerprint density at radius 3 is 2.15 bits per heavy atom. The highest BCUT2D eigenvalue weighted by molar-refractivity contribution is 7.95. The minimum Gasteiger partial charge on any atom is -0.505 e. The molecule has 0 atom stereocenters. The van der Waals surface area contributed by atoms with Crippen molar-refractivity contribution in [1.82, 2.24) is 14.4 Å². The highest BCUT2D eigenvalue weighted by Gasteiger charge is 2.27. The third-order valence-electron chi connectivity index (χ3n) is 10.4. The van der Waals surface area contributed by atoms with Gasteiger partial charge in [0.05, 0.1) is 78.2 Å². The molecular formula is C40H29ClN10O18S6. The smallest absolute Gasteiger partial charge is 0.297 e. The summed E-state index contributed by atoms with van der Waals surface area (Å²) in [7, 11) is -14.5. The van der Waals surface area contributed by atoms with Gasteiger partial charge in [-0.1, -0.05) is 45.1 Å². The average Bonchev–Trinajstić information content (AvgIpc) is 3.94. The molecule has 0 bridgehead atoms. The van der Waals surface area contributed by atoms with E-state index < -0.39 is 73.9 Å². The second-order valence-corrected chi connectivity index (χ2v) is 22.3. The van der Waals surface area contributed by atoms with Gasteiger partial charge in [-0.2, -0.15) is 30.5 Å². The summed E-state index contributed by atoms with van der Waals surface area (Å²) in [6, 6.07) is 15.7. The summed E-state index contributed by atoms with van der Waals surface area (Å²) in [5, 5.41) is 82.2. The van der Waals surface area contributed by atoms with Crippen LogP contribution in [-0.2, 0) is 49.1 Å². The lowest BCUT2D eigenvalue weighted by Gasteiger charge is -2.13. The molecule has 3 aromatic heterocycles. The SMILES string of the molecule is Cc1cc(N=Nc2c(SOOO)cc3cc(S(=O)(=O)O)c(N=Nc4c(C)c(C#N)c5nc6ccccc6n5c4O)cc3c2O)c(OCCCS(=O)(=O)O)cc1N=Nc1nc2cc(SOOO)c(Cl)c(S(=O)(=O)O)c2s1. The number of aryl methyl sites for hydroxylation is 1. The Morgan fingerprint density at radius 2 is 1.47 bits per heavy atom. The number of halogens is 1. The van der Waals surface area contributed by atoms with Gasteiger partial charge in [0, 0.05) is 17.0 Å². The van der Waals surface area contributed by atoms with Gasteiger partial charge in [0.1, 0.15) is 44.2 Å². The maximum atomic E-state index is 12.8. The molecule has 35 heteroatoms. The zero-order valence-corrected chi connectivity index (χ0v) is 43.0. The molecule has 390 valence electrons. The number of nitrogens with zero attached hydrogens (tertiary/aromatic N) is 10. The molecule has 28 nitrogen and oxygen atoms in total. The normalized spacial score (nSPS) is 12.7. The molecule has 0 amide bonds. The van der Waals surface area contributed by atoms with E-state index in [1.807, 2.05) is 6.07 Å². The van der Waals surface area contributed by atoms with Gasteiger partial charge >= 0.3 is 0 Å². The topological polar surface area (TPSA) is 418 Å². The number of fused-ring (bicyclic) bond motifs is 5. The van der Waals surface area contributed by atoms with Gasteiger partial charge in [-0.3, -0.25) is 18.1 Å². The Hall–Kier alpha value is -6.63. The fraction of sp³-hybridized carbons (Fsp3) is 0.125. The molecule has 8 rings (SSSR count). The first-order valence-corrected chi connectivity index (χ1v) is 27.4. The standard InChI is InChI=1S/C40H29ClN10O18S6/c1-17-10-24(28(65-8-5-9-73(56,57)58)14-23(17)45-50-40-44-26-15-29(71-68-66-54)32(41)37(36(26)70-40)75(62,63)64)46-49-34-30(72-69-67-55)11-19-12-31(74(59,60)61)25(13-20(19)35(34)52)47-48-33-18(2)21(16-42)38-43-22-6-3-4-7-27(22)51(38)39(33)53/h3-4,6-7,10-15,52-55H,5,8-9H2,1-2H3,(H,56,57,58)(H,59,60,61)(H,62,63,64). The van der Waals surface area contributed by atoms with E-state index in [1.54, 1.807) is 31.2 Å². The van der Waals surface area contributed by atoms with Crippen LogP contribution in [0, 0.1) is 25.2 Å².